The lowest BCUT2D eigenvalue weighted by atomic mass is 10.1. The molecule has 0 aliphatic rings. The molecular weight excluding hydrogens is 330 g/mol. The Morgan fingerprint density at radius 2 is 1.62 bits per heavy atom. The van der Waals surface area contributed by atoms with Gasteiger partial charge in [0, 0.05) is 12.6 Å². The van der Waals surface area contributed by atoms with Crippen LogP contribution in [0.2, 0.25) is 0 Å². The summed E-state index contributed by atoms with van der Waals surface area (Å²) >= 11 is 0. The van der Waals surface area contributed by atoms with Crippen molar-refractivity contribution in [2.24, 2.45) is 5.73 Å². The Labute approximate surface area is 155 Å². The molecule has 0 aliphatic carbocycles. The minimum absolute atomic E-state index is 0.432. The molecule has 0 heterocycles. The Morgan fingerprint density at radius 3 is 2.08 bits per heavy atom. The summed E-state index contributed by atoms with van der Waals surface area (Å²) in [6.45, 7) is 5.87. The van der Waals surface area contributed by atoms with Crippen LogP contribution in [0.5, 0.6) is 11.5 Å². The molecule has 0 spiro atoms. The van der Waals surface area contributed by atoms with Crippen molar-refractivity contribution in [2.75, 3.05) is 26.6 Å². The number of methoxy groups -OCH3 is 2. The topological polar surface area (TPSA) is 97.4 Å². The fourth-order valence-electron chi connectivity index (χ4n) is 2.12. The number of primary amides is 1. The summed E-state index contributed by atoms with van der Waals surface area (Å²) in [5, 5.41) is 11.5. The number of nitrogens with zero attached hydrogens (tertiary/aromatic N) is 1. The lowest BCUT2D eigenvalue weighted by Gasteiger charge is -2.10. The van der Waals surface area contributed by atoms with Crippen LogP contribution in [0, 0.1) is 18.3 Å². The number of hydrogen-bond acceptors (Lipinski definition) is 5. The number of rotatable bonds is 4. The van der Waals surface area contributed by atoms with Crippen molar-refractivity contribution in [1.29, 1.82) is 5.26 Å². The smallest absolute Gasteiger partial charge is 0.250 e. The Balaban J connectivity index is 0.000000444. The van der Waals surface area contributed by atoms with E-state index in [0.717, 1.165) is 11.3 Å². The quantitative estimate of drug-likeness (QED) is 0.869. The molecule has 0 saturated carbocycles. The second-order valence-electron chi connectivity index (χ2n) is 4.74. The highest BCUT2D eigenvalue weighted by Gasteiger charge is 2.10. The fraction of sp³-hybridized carbons (Fsp3) is 0.300. The normalized spacial score (nSPS) is 8.65. The number of hydrogen-bond donors (Lipinski definition) is 2. The zero-order valence-electron chi connectivity index (χ0n) is 16.2. The molecule has 0 bridgehead atoms. The summed E-state index contributed by atoms with van der Waals surface area (Å²) in [6, 6.07) is 12.7. The lowest BCUT2D eigenvalue weighted by molar-refractivity contribution is 0.100. The van der Waals surface area contributed by atoms with Gasteiger partial charge in [-0.05, 0) is 31.2 Å². The van der Waals surface area contributed by atoms with E-state index in [-0.39, 0.29) is 0 Å². The van der Waals surface area contributed by atoms with Gasteiger partial charge in [0.2, 0.25) is 0 Å². The highest BCUT2D eigenvalue weighted by Crippen LogP contribution is 2.27. The van der Waals surface area contributed by atoms with Gasteiger partial charge in [-0.25, -0.2) is 0 Å². The van der Waals surface area contributed by atoms with Crippen molar-refractivity contribution >= 4 is 11.6 Å². The van der Waals surface area contributed by atoms with Gasteiger partial charge in [0.15, 0.2) is 0 Å². The molecule has 6 heteroatoms. The SMILES string of the molecule is CC.CNc1c(OC)cccc1C(N)=O.COc1cccc(C#N)c1C. The molecule has 0 radical (unpaired) electrons. The Bertz CT molecular complexity index is 752. The van der Waals surface area contributed by atoms with Crippen molar-refractivity contribution in [3.63, 3.8) is 0 Å². The largest absolute Gasteiger partial charge is 0.496 e. The number of amides is 1. The molecule has 3 N–H and O–H groups in total. The number of anilines is 1. The van der Waals surface area contributed by atoms with Crippen LogP contribution in [0.1, 0.15) is 35.3 Å². The molecule has 2 rings (SSSR count). The standard InChI is InChI=1S/C9H12N2O2.C9H9NO.C2H6/c1-11-8-6(9(10)12)4-3-5-7(8)13-2;1-7-8(6-10)4-3-5-9(7)11-2;1-2/h3-5,11H,1-2H3,(H2,10,12);3-5H,1-2H3;1-2H3. The molecule has 0 saturated heterocycles. The third kappa shape index (κ3) is 6.02. The first-order chi connectivity index (χ1) is 12.5. The van der Waals surface area contributed by atoms with Crippen LogP contribution in [0.25, 0.3) is 0 Å². The summed E-state index contributed by atoms with van der Waals surface area (Å²) in [5.74, 6) is 0.908. The zero-order valence-corrected chi connectivity index (χ0v) is 16.2. The minimum Gasteiger partial charge on any atom is -0.496 e. The van der Waals surface area contributed by atoms with Crippen LogP contribution in [-0.2, 0) is 0 Å². The van der Waals surface area contributed by atoms with Crippen LogP contribution >= 0.6 is 0 Å². The molecule has 0 unspecified atom stereocenters. The second kappa shape index (κ2) is 12.2. The molecule has 0 aliphatic heterocycles. The van der Waals surface area contributed by atoms with Gasteiger partial charge in [-0.3, -0.25) is 4.79 Å². The van der Waals surface area contributed by atoms with Crippen molar-refractivity contribution in [1.82, 2.24) is 0 Å². The van der Waals surface area contributed by atoms with Crippen LogP contribution < -0.4 is 20.5 Å². The maximum absolute atomic E-state index is 11.0. The number of ether oxygens (including phenoxy) is 2. The van der Waals surface area contributed by atoms with E-state index in [1.165, 1.54) is 0 Å². The van der Waals surface area contributed by atoms with Gasteiger partial charge in [-0.1, -0.05) is 26.0 Å². The molecule has 0 aromatic heterocycles. The van der Waals surface area contributed by atoms with Crippen LogP contribution in [0.3, 0.4) is 0 Å². The molecule has 26 heavy (non-hydrogen) atoms. The summed E-state index contributed by atoms with van der Waals surface area (Å²) in [4.78, 5) is 11.0. The van der Waals surface area contributed by atoms with Gasteiger partial charge in [0.1, 0.15) is 11.5 Å². The molecule has 2 aromatic carbocycles. The molecule has 140 valence electrons. The third-order valence-electron chi connectivity index (χ3n) is 3.39. The van der Waals surface area contributed by atoms with Gasteiger partial charge in [-0.2, -0.15) is 5.26 Å². The first-order valence-electron chi connectivity index (χ1n) is 8.18. The second-order valence-corrected chi connectivity index (χ2v) is 4.74. The van der Waals surface area contributed by atoms with E-state index < -0.39 is 5.91 Å². The number of carbonyl (C=O) groups is 1. The molecule has 2 aromatic rings. The third-order valence-corrected chi connectivity index (χ3v) is 3.39. The van der Waals surface area contributed by atoms with Gasteiger partial charge < -0.3 is 20.5 Å². The van der Waals surface area contributed by atoms with E-state index >= 15 is 0 Å². The summed E-state index contributed by atoms with van der Waals surface area (Å²) in [7, 11) is 4.86. The van der Waals surface area contributed by atoms with E-state index in [0.29, 0.717) is 22.6 Å². The Morgan fingerprint density at radius 1 is 1.08 bits per heavy atom. The van der Waals surface area contributed by atoms with Gasteiger partial charge in [0.25, 0.3) is 5.91 Å². The summed E-state index contributed by atoms with van der Waals surface area (Å²) in [6.07, 6.45) is 0. The fourth-order valence-corrected chi connectivity index (χ4v) is 2.12. The minimum atomic E-state index is -0.469. The molecular formula is C20H27N3O3. The number of nitrogens with one attached hydrogen (secondary N) is 1. The first-order valence-corrected chi connectivity index (χ1v) is 8.18. The van der Waals surface area contributed by atoms with E-state index in [2.05, 4.69) is 11.4 Å². The highest BCUT2D eigenvalue weighted by molar-refractivity contribution is 5.99. The average molecular weight is 357 g/mol. The first kappa shape index (κ1) is 22.8. The van der Waals surface area contributed by atoms with Gasteiger partial charge >= 0.3 is 0 Å². The van der Waals surface area contributed by atoms with Crippen molar-refractivity contribution in [3.8, 4) is 17.6 Å². The predicted molar refractivity (Wildman–Crippen MR) is 105 cm³/mol. The van der Waals surface area contributed by atoms with Crippen molar-refractivity contribution in [2.45, 2.75) is 20.8 Å². The van der Waals surface area contributed by atoms with Crippen molar-refractivity contribution < 1.29 is 14.3 Å². The molecule has 0 fully saturated rings. The van der Waals surface area contributed by atoms with Crippen LogP contribution in [0.4, 0.5) is 5.69 Å². The van der Waals surface area contributed by atoms with Crippen LogP contribution in [-0.4, -0.2) is 27.2 Å². The highest BCUT2D eigenvalue weighted by atomic mass is 16.5. The van der Waals surface area contributed by atoms with E-state index in [1.807, 2.05) is 32.9 Å². The summed E-state index contributed by atoms with van der Waals surface area (Å²) in [5.41, 5.74) is 7.81. The maximum atomic E-state index is 11.0. The molecule has 6 nitrogen and oxygen atoms in total. The number of nitrogens with two attached hydrogens (primary N) is 1. The Hall–Kier alpha value is -3.20. The van der Waals surface area contributed by atoms with E-state index in [9.17, 15) is 4.79 Å². The summed E-state index contributed by atoms with van der Waals surface area (Å²) < 4.78 is 10.1. The maximum Gasteiger partial charge on any atom is 0.250 e. The van der Waals surface area contributed by atoms with Gasteiger partial charge in [0.05, 0.1) is 37.1 Å². The van der Waals surface area contributed by atoms with E-state index in [1.54, 1.807) is 45.5 Å². The zero-order chi connectivity index (χ0) is 20.1. The number of para-hydroxylation sites is 1. The predicted octanol–water partition coefficient (Wildman–Crippen LogP) is 3.74. The Kier molecular flexibility index (Phi) is 10.7. The number of carbonyl (C=O) groups excluding carboxylic acids is 1. The number of benzene rings is 2. The lowest BCUT2D eigenvalue weighted by Crippen LogP contribution is -2.13. The van der Waals surface area contributed by atoms with Crippen molar-refractivity contribution in [3.05, 3.63) is 53.1 Å². The van der Waals surface area contributed by atoms with Crippen LogP contribution in [0.15, 0.2) is 36.4 Å². The average Bonchev–Trinajstić information content (AvgIpc) is 2.69. The van der Waals surface area contributed by atoms with E-state index in [4.69, 9.17) is 20.5 Å². The molecule has 0 atom stereocenters. The molecule has 1 amide bonds. The van der Waals surface area contributed by atoms with Gasteiger partial charge in [-0.15, -0.1) is 0 Å². The monoisotopic (exact) mass is 357 g/mol. The number of nitriles is 1.